The molecule has 0 saturated carbocycles. The van der Waals surface area contributed by atoms with E-state index in [9.17, 15) is 18.0 Å². The van der Waals surface area contributed by atoms with E-state index in [-0.39, 0.29) is 29.2 Å². The second-order valence-electron chi connectivity index (χ2n) is 10.2. The molecule has 0 radical (unpaired) electrons. The number of rotatable bonds is 10. The number of sulfonamides is 1. The molecule has 1 N–H and O–H groups in total. The maximum Gasteiger partial charge on any atom is 0.243 e. The van der Waals surface area contributed by atoms with Crippen LogP contribution in [0.1, 0.15) is 40.0 Å². The van der Waals surface area contributed by atoms with Crippen molar-refractivity contribution in [3.05, 3.63) is 54.6 Å². The largest absolute Gasteiger partial charge is 0.379 e. The van der Waals surface area contributed by atoms with Gasteiger partial charge in [0, 0.05) is 31.2 Å². The van der Waals surface area contributed by atoms with Crippen LogP contribution in [0.2, 0.25) is 0 Å². The summed E-state index contributed by atoms with van der Waals surface area (Å²) in [6.07, 6.45) is 1.79. The molecule has 4 rings (SSSR count). The summed E-state index contributed by atoms with van der Waals surface area (Å²) in [6, 6.07) is 15.5. The molecule has 2 saturated heterocycles. The summed E-state index contributed by atoms with van der Waals surface area (Å²) in [6.45, 7) is 7.70. The number of nitrogens with zero attached hydrogens (tertiary/aromatic N) is 3. The Bertz CT molecular complexity index is 1280. The average Bonchev–Trinajstić information content (AvgIpc) is 3.22. The smallest absolute Gasteiger partial charge is 0.243 e. The standard InChI is InChI=1S/C28H36N4O5S2/c1-20(2)9-10-21(3)32-27(34)25(19-26(33)29-22-7-5-4-6-8-22)38-28(32)30-23-11-13-24(14-12-23)39(35,36)31-15-17-37-18-16-31/h4-8,11-14,20-21,25H,9-10,15-19H2,1-3H3,(H,29,33)/t21-,25+/m0/s1. The third-order valence-corrected chi connectivity index (χ3v) is 9.73. The normalized spacial score (nSPS) is 20.5. The first-order chi connectivity index (χ1) is 18.6. The van der Waals surface area contributed by atoms with Crippen molar-refractivity contribution < 1.29 is 22.7 Å². The van der Waals surface area contributed by atoms with Crippen molar-refractivity contribution in [2.24, 2.45) is 10.9 Å². The number of ether oxygens (including phenoxy) is 1. The van der Waals surface area contributed by atoms with Gasteiger partial charge < -0.3 is 10.1 Å². The maximum absolute atomic E-state index is 13.5. The van der Waals surface area contributed by atoms with Gasteiger partial charge in [-0.05, 0) is 62.1 Å². The second-order valence-corrected chi connectivity index (χ2v) is 13.3. The van der Waals surface area contributed by atoms with Gasteiger partial charge in [0.05, 0.1) is 23.8 Å². The minimum atomic E-state index is -3.61. The zero-order valence-electron chi connectivity index (χ0n) is 22.6. The Morgan fingerprint density at radius 1 is 1.05 bits per heavy atom. The minimum absolute atomic E-state index is 0.0293. The number of hydrogen-bond acceptors (Lipinski definition) is 7. The van der Waals surface area contributed by atoms with Gasteiger partial charge in [0.15, 0.2) is 5.17 Å². The molecule has 0 aliphatic carbocycles. The van der Waals surface area contributed by atoms with Crippen LogP contribution in [-0.2, 0) is 24.3 Å². The topological polar surface area (TPSA) is 108 Å². The zero-order chi connectivity index (χ0) is 28.0. The van der Waals surface area contributed by atoms with Crippen LogP contribution in [0.25, 0.3) is 0 Å². The fourth-order valence-electron chi connectivity index (χ4n) is 4.44. The predicted octanol–water partition coefficient (Wildman–Crippen LogP) is 4.49. The molecule has 0 aromatic heterocycles. The Labute approximate surface area is 235 Å². The molecule has 2 aliphatic heterocycles. The van der Waals surface area contributed by atoms with Crippen molar-refractivity contribution >= 4 is 50.1 Å². The molecule has 2 heterocycles. The zero-order valence-corrected chi connectivity index (χ0v) is 24.2. The number of amidine groups is 1. The van der Waals surface area contributed by atoms with E-state index in [0.29, 0.717) is 48.8 Å². The monoisotopic (exact) mass is 572 g/mol. The first-order valence-corrected chi connectivity index (χ1v) is 15.6. The number of benzene rings is 2. The van der Waals surface area contributed by atoms with E-state index in [1.54, 1.807) is 41.3 Å². The van der Waals surface area contributed by atoms with Crippen molar-refractivity contribution in [3.63, 3.8) is 0 Å². The highest BCUT2D eigenvalue weighted by Gasteiger charge is 2.41. The van der Waals surface area contributed by atoms with Gasteiger partial charge in [-0.2, -0.15) is 4.31 Å². The lowest BCUT2D eigenvalue weighted by Gasteiger charge is -2.26. The number of thioether (sulfide) groups is 1. The van der Waals surface area contributed by atoms with Crippen LogP contribution >= 0.6 is 11.8 Å². The molecule has 39 heavy (non-hydrogen) atoms. The number of carbonyl (C=O) groups excluding carboxylic acids is 2. The van der Waals surface area contributed by atoms with Gasteiger partial charge in [0.25, 0.3) is 0 Å². The molecule has 0 spiro atoms. The van der Waals surface area contributed by atoms with Gasteiger partial charge in [-0.1, -0.05) is 43.8 Å². The summed E-state index contributed by atoms with van der Waals surface area (Å²) in [4.78, 5) is 32.9. The Kier molecular flexibility index (Phi) is 9.81. The van der Waals surface area contributed by atoms with Gasteiger partial charge in [0.1, 0.15) is 5.25 Å². The third-order valence-electron chi connectivity index (χ3n) is 6.67. The van der Waals surface area contributed by atoms with E-state index in [4.69, 9.17) is 9.73 Å². The third kappa shape index (κ3) is 7.47. The van der Waals surface area contributed by atoms with E-state index in [2.05, 4.69) is 19.2 Å². The molecule has 9 nitrogen and oxygen atoms in total. The number of morpholine rings is 1. The van der Waals surface area contributed by atoms with E-state index in [0.717, 1.165) is 12.8 Å². The van der Waals surface area contributed by atoms with E-state index in [1.807, 2.05) is 25.1 Å². The van der Waals surface area contributed by atoms with E-state index < -0.39 is 15.3 Å². The van der Waals surface area contributed by atoms with Crippen LogP contribution in [0.5, 0.6) is 0 Å². The van der Waals surface area contributed by atoms with Crippen molar-refractivity contribution in [1.82, 2.24) is 9.21 Å². The average molecular weight is 573 g/mol. The van der Waals surface area contributed by atoms with Gasteiger partial charge >= 0.3 is 0 Å². The van der Waals surface area contributed by atoms with Crippen molar-refractivity contribution in [1.29, 1.82) is 0 Å². The molecule has 2 amide bonds. The molecule has 0 bridgehead atoms. The van der Waals surface area contributed by atoms with E-state index in [1.165, 1.54) is 16.1 Å². The molecule has 0 unspecified atom stereocenters. The Balaban J connectivity index is 1.53. The number of aliphatic imine (C=N–C) groups is 1. The molecule has 210 valence electrons. The van der Waals surface area contributed by atoms with Crippen LogP contribution in [0.15, 0.2) is 64.5 Å². The Morgan fingerprint density at radius 3 is 2.36 bits per heavy atom. The lowest BCUT2D eigenvalue weighted by molar-refractivity contribution is -0.129. The number of nitrogens with one attached hydrogen (secondary N) is 1. The second kappa shape index (κ2) is 13.1. The first kappa shape index (κ1) is 29.3. The molecule has 2 atom stereocenters. The number of anilines is 1. The van der Waals surface area contributed by atoms with Gasteiger partial charge in [-0.25, -0.2) is 13.4 Å². The van der Waals surface area contributed by atoms with Crippen LogP contribution < -0.4 is 5.32 Å². The quantitative estimate of drug-likeness (QED) is 0.449. The van der Waals surface area contributed by atoms with Gasteiger partial charge in [-0.3, -0.25) is 14.5 Å². The van der Waals surface area contributed by atoms with Crippen molar-refractivity contribution in [2.75, 3.05) is 31.6 Å². The number of amides is 2. The fourth-order valence-corrected chi connectivity index (χ4v) is 7.10. The molecule has 2 aromatic rings. The van der Waals surface area contributed by atoms with Crippen LogP contribution in [0.3, 0.4) is 0 Å². The van der Waals surface area contributed by atoms with Gasteiger partial charge in [-0.15, -0.1) is 0 Å². The van der Waals surface area contributed by atoms with Crippen LogP contribution in [0.4, 0.5) is 11.4 Å². The summed E-state index contributed by atoms with van der Waals surface area (Å²) in [5.74, 6) is 0.122. The van der Waals surface area contributed by atoms with Crippen molar-refractivity contribution in [3.8, 4) is 0 Å². The molecule has 11 heteroatoms. The Hall–Kier alpha value is -2.73. The highest BCUT2D eigenvalue weighted by molar-refractivity contribution is 8.15. The van der Waals surface area contributed by atoms with Crippen LogP contribution in [0, 0.1) is 5.92 Å². The molecule has 2 aliphatic rings. The lowest BCUT2D eigenvalue weighted by atomic mass is 10.0. The summed E-state index contributed by atoms with van der Waals surface area (Å²) in [7, 11) is -3.61. The summed E-state index contributed by atoms with van der Waals surface area (Å²) < 4.78 is 32.6. The van der Waals surface area contributed by atoms with Crippen LogP contribution in [-0.4, -0.2) is 72.2 Å². The summed E-state index contributed by atoms with van der Waals surface area (Å²) >= 11 is 1.28. The first-order valence-electron chi connectivity index (χ1n) is 13.3. The highest BCUT2D eigenvalue weighted by atomic mass is 32.2. The predicted molar refractivity (Wildman–Crippen MR) is 155 cm³/mol. The summed E-state index contributed by atoms with van der Waals surface area (Å²) in [5.41, 5.74) is 1.22. The number of carbonyl (C=O) groups is 2. The Morgan fingerprint density at radius 2 is 1.72 bits per heavy atom. The molecule has 2 aromatic carbocycles. The van der Waals surface area contributed by atoms with E-state index >= 15 is 0 Å². The van der Waals surface area contributed by atoms with Crippen molar-refractivity contribution in [2.45, 2.75) is 56.2 Å². The minimum Gasteiger partial charge on any atom is -0.379 e. The number of para-hydroxylation sites is 1. The SMILES string of the molecule is CC(C)CC[C@H](C)N1C(=O)[C@@H](CC(=O)Nc2ccccc2)SC1=Nc1ccc(S(=O)(=O)N2CCOCC2)cc1. The summed E-state index contributed by atoms with van der Waals surface area (Å²) in [5, 5.41) is 2.79. The fraction of sp³-hybridized carbons (Fsp3) is 0.464. The lowest BCUT2D eigenvalue weighted by Crippen LogP contribution is -2.40. The molecule has 2 fully saturated rings. The maximum atomic E-state index is 13.5. The molecular weight excluding hydrogens is 536 g/mol. The molecular formula is C28H36N4O5S2. The number of hydrogen-bond donors (Lipinski definition) is 1. The van der Waals surface area contributed by atoms with Gasteiger partial charge in [0.2, 0.25) is 21.8 Å². The highest BCUT2D eigenvalue weighted by Crippen LogP contribution is 2.35.